The number of ether oxygens (including phenoxy) is 1. The number of rotatable bonds is 8. The number of carbonyl (C=O) groups excluding carboxylic acids is 1. The standard InChI is InChI=1S/C14H22ClNO3S/c1-9(2)7-19-8-11(17)6-16-14(18)10(3)12-4-5-13(15)20-12/h4-5,9-11,17H,6-8H2,1-3H3,(H,16,18). The lowest BCUT2D eigenvalue weighted by Crippen LogP contribution is -2.36. The Balaban J connectivity index is 2.28. The number of aliphatic hydroxyl groups is 1. The van der Waals surface area contributed by atoms with Crippen LogP contribution in [0.4, 0.5) is 0 Å². The topological polar surface area (TPSA) is 58.6 Å². The lowest BCUT2D eigenvalue weighted by molar-refractivity contribution is -0.122. The number of hydrogen-bond acceptors (Lipinski definition) is 4. The third-order valence-electron chi connectivity index (χ3n) is 2.69. The average molecular weight is 320 g/mol. The van der Waals surface area contributed by atoms with Gasteiger partial charge in [0.2, 0.25) is 5.91 Å². The van der Waals surface area contributed by atoms with Gasteiger partial charge in [0.25, 0.3) is 0 Å². The van der Waals surface area contributed by atoms with Crippen molar-refractivity contribution in [3.8, 4) is 0 Å². The highest BCUT2D eigenvalue weighted by atomic mass is 35.5. The van der Waals surface area contributed by atoms with Gasteiger partial charge in [0, 0.05) is 18.0 Å². The number of thiophene rings is 1. The Morgan fingerprint density at radius 3 is 2.65 bits per heavy atom. The molecular weight excluding hydrogens is 298 g/mol. The highest BCUT2D eigenvalue weighted by Crippen LogP contribution is 2.27. The van der Waals surface area contributed by atoms with Gasteiger partial charge in [-0.1, -0.05) is 25.4 Å². The van der Waals surface area contributed by atoms with Crippen LogP contribution < -0.4 is 5.32 Å². The average Bonchev–Trinajstić information content (AvgIpc) is 2.81. The molecule has 1 aromatic rings. The van der Waals surface area contributed by atoms with E-state index in [0.29, 0.717) is 16.9 Å². The lowest BCUT2D eigenvalue weighted by atomic mass is 10.1. The summed E-state index contributed by atoms with van der Waals surface area (Å²) >= 11 is 7.24. The van der Waals surface area contributed by atoms with Gasteiger partial charge in [0.1, 0.15) is 0 Å². The van der Waals surface area contributed by atoms with Gasteiger partial charge in [-0.2, -0.15) is 0 Å². The largest absolute Gasteiger partial charge is 0.389 e. The van der Waals surface area contributed by atoms with Gasteiger partial charge in [-0.05, 0) is 25.0 Å². The third kappa shape index (κ3) is 6.22. The van der Waals surface area contributed by atoms with Crippen molar-refractivity contribution >= 4 is 28.8 Å². The Bertz CT molecular complexity index is 422. The number of hydrogen-bond donors (Lipinski definition) is 2. The smallest absolute Gasteiger partial charge is 0.228 e. The molecule has 0 saturated carbocycles. The summed E-state index contributed by atoms with van der Waals surface area (Å²) in [7, 11) is 0. The molecule has 0 saturated heterocycles. The first kappa shape index (κ1) is 17.4. The van der Waals surface area contributed by atoms with Crippen LogP contribution >= 0.6 is 22.9 Å². The molecule has 0 bridgehead atoms. The van der Waals surface area contributed by atoms with E-state index in [1.807, 2.05) is 26.8 Å². The molecule has 1 heterocycles. The Morgan fingerprint density at radius 2 is 2.10 bits per heavy atom. The van der Waals surface area contributed by atoms with Crippen molar-refractivity contribution in [2.75, 3.05) is 19.8 Å². The fourth-order valence-electron chi connectivity index (χ4n) is 1.56. The summed E-state index contributed by atoms with van der Waals surface area (Å²) in [6.07, 6.45) is -0.683. The molecule has 2 atom stereocenters. The fourth-order valence-corrected chi connectivity index (χ4v) is 2.67. The van der Waals surface area contributed by atoms with E-state index in [2.05, 4.69) is 5.32 Å². The van der Waals surface area contributed by atoms with Gasteiger partial charge >= 0.3 is 0 Å². The summed E-state index contributed by atoms with van der Waals surface area (Å²) in [5.74, 6) is 0.0445. The van der Waals surface area contributed by atoms with Gasteiger partial charge in [-0.3, -0.25) is 4.79 Å². The number of nitrogens with one attached hydrogen (secondary N) is 1. The number of aliphatic hydroxyl groups excluding tert-OH is 1. The predicted octanol–water partition coefficient (Wildman–Crippen LogP) is 2.65. The van der Waals surface area contributed by atoms with E-state index in [0.717, 1.165) is 4.88 Å². The van der Waals surface area contributed by atoms with E-state index in [-0.39, 0.29) is 25.0 Å². The highest BCUT2D eigenvalue weighted by Gasteiger charge is 2.18. The van der Waals surface area contributed by atoms with Crippen LogP contribution in [-0.4, -0.2) is 36.9 Å². The molecule has 0 spiro atoms. The van der Waals surface area contributed by atoms with Crippen LogP contribution in [0.15, 0.2) is 12.1 Å². The molecule has 0 aliphatic heterocycles. The van der Waals surface area contributed by atoms with Crippen molar-refractivity contribution in [1.82, 2.24) is 5.32 Å². The Hall–Kier alpha value is -0.620. The lowest BCUT2D eigenvalue weighted by Gasteiger charge is -2.15. The maximum atomic E-state index is 11.9. The number of halogens is 1. The van der Waals surface area contributed by atoms with Crippen LogP contribution in [0.1, 0.15) is 31.6 Å². The summed E-state index contributed by atoms with van der Waals surface area (Å²) in [5, 5.41) is 12.4. The van der Waals surface area contributed by atoms with Crippen LogP contribution in [-0.2, 0) is 9.53 Å². The van der Waals surface area contributed by atoms with Crippen molar-refractivity contribution in [2.45, 2.75) is 32.8 Å². The summed E-state index contributed by atoms with van der Waals surface area (Å²) in [6, 6.07) is 3.62. The monoisotopic (exact) mass is 319 g/mol. The Morgan fingerprint density at radius 1 is 1.40 bits per heavy atom. The zero-order chi connectivity index (χ0) is 15.1. The third-order valence-corrected chi connectivity index (χ3v) is 4.10. The van der Waals surface area contributed by atoms with E-state index >= 15 is 0 Å². The van der Waals surface area contributed by atoms with E-state index in [9.17, 15) is 9.90 Å². The molecule has 6 heteroatoms. The normalized spacial score (nSPS) is 14.3. The minimum absolute atomic E-state index is 0.119. The van der Waals surface area contributed by atoms with E-state index in [1.165, 1.54) is 11.3 Å². The summed E-state index contributed by atoms with van der Waals surface area (Å²) in [6.45, 7) is 6.94. The second-order valence-corrected chi connectivity index (χ2v) is 6.94. The quantitative estimate of drug-likeness (QED) is 0.774. The first-order valence-electron chi connectivity index (χ1n) is 6.69. The molecule has 2 N–H and O–H groups in total. The van der Waals surface area contributed by atoms with Crippen LogP contribution in [0.5, 0.6) is 0 Å². The van der Waals surface area contributed by atoms with Crippen LogP contribution in [0.2, 0.25) is 4.34 Å². The predicted molar refractivity (Wildman–Crippen MR) is 82.4 cm³/mol. The van der Waals surface area contributed by atoms with Gasteiger partial charge in [-0.25, -0.2) is 0 Å². The molecule has 1 amide bonds. The first-order valence-corrected chi connectivity index (χ1v) is 7.88. The molecule has 0 aliphatic rings. The molecule has 2 unspecified atom stereocenters. The molecule has 0 radical (unpaired) electrons. The Labute approximate surface area is 129 Å². The van der Waals surface area contributed by atoms with Gasteiger partial charge in [-0.15, -0.1) is 11.3 Å². The van der Waals surface area contributed by atoms with Crippen molar-refractivity contribution in [1.29, 1.82) is 0 Å². The SMILES string of the molecule is CC(C)COCC(O)CNC(=O)C(C)c1ccc(Cl)s1. The van der Waals surface area contributed by atoms with Crippen molar-refractivity contribution < 1.29 is 14.6 Å². The number of amides is 1. The van der Waals surface area contributed by atoms with Gasteiger partial charge < -0.3 is 15.2 Å². The second kappa shape index (κ2) is 8.62. The van der Waals surface area contributed by atoms with E-state index in [1.54, 1.807) is 6.07 Å². The minimum atomic E-state index is -0.683. The summed E-state index contributed by atoms with van der Waals surface area (Å²) < 4.78 is 5.99. The fraction of sp³-hybridized carbons (Fsp3) is 0.643. The molecule has 114 valence electrons. The minimum Gasteiger partial charge on any atom is -0.389 e. The van der Waals surface area contributed by atoms with Gasteiger partial charge in [0.15, 0.2) is 0 Å². The first-order chi connectivity index (χ1) is 9.40. The highest BCUT2D eigenvalue weighted by molar-refractivity contribution is 7.16. The van der Waals surface area contributed by atoms with Crippen LogP contribution in [0, 0.1) is 5.92 Å². The maximum absolute atomic E-state index is 11.9. The molecule has 4 nitrogen and oxygen atoms in total. The summed E-state index contributed by atoms with van der Waals surface area (Å²) in [5.41, 5.74) is 0. The van der Waals surface area contributed by atoms with E-state index in [4.69, 9.17) is 16.3 Å². The summed E-state index contributed by atoms with van der Waals surface area (Å²) in [4.78, 5) is 12.9. The number of carbonyl (C=O) groups is 1. The maximum Gasteiger partial charge on any atom is 0.228 e. The van der Waals surface area contributed by atoms with Crippen molar-refractivity contribution in [3.05, 3.63) is 21.3 Å². The molecule has 0 aliphatic carbocycles. The molecule has 0 fully saturated rings. The molecule has 1 rings (SSSR count). The van der Waals surface area contributed by atoms with Crippen molar-refractivity contribution in [3.63, 3.8) is 0 Å². The molecular formula is C14H22ClNO3S. The molecule has 0 aromatic carbocycles. The zero-order valence-electron chi connectivity index (χ0n) is 12.1. The molecule has 1 aromatic heterocycles. The van der Waals surface area contributed by atoms with Crippen molar-refractivity contribution in [2.24, 2.45) is 5.92 Å². The van der Waals surface area contributed by atoms with E-state index < -0.39 is 6.10 Å². The second-order valence-electron chi connectivity index (χ2n) is 5.19. The van der Waals surface area contributed by atoms with Crippen LogP contribution in [0.25, 0.3) is 0 Å². The zero-order valence-corrected chi connectivity index (χ0v) is 13.6. The Kier molecular flexibility index (Phi) is 7.51. The van der Waals surface area contributed by atoms with Gasteiger partial charge in [0.05, 0.1) is 23.0 Å². The molecule has 20 heavy (non-hydrogen) atoms. The van der Waals surface area contributed by atoms with Crippen LogP contribution in [0.3, 0.4) is 0 Å².